The highest BCUT2D eigenvalue weighted by Crippen LogP contribution is 2.33. The topological polar surface area (TPSA) is 43.4 Å². The number of ether oxygens (including phenoxy) is 1. The van der Waals surface area contributed by atoms with E-state index in [-0.39, 0.29) is 5.92 Å². The zero-order valence-corrected chi connectivity index (χ0v) is 7.89. The monoisotopic (exact) mass is 196 g/mol. The number of fused-ring (bicyclic) bond motifs is 1. The van der Waals surface area contributed by atoms with E-state index in [9.17, 15) is 9.59 Å². The van der Waals surface area contributed by atoms with Crippen LogP contribution in [-0.4, -0.2) is 11.9 Å². The first-order valence-corrected chi connectivity index (χ1v) is 4.95. The van der Waals surface area contributed by atoms with Crippen molar-refractivity contribution < 1.29 is 14.3 Å². The number of esters is 2. The Morgan fingerprint density at radius 3 is 3.00 bits per heavy atom. The highest BCUT2D eigenvalue weighted by atomic mass is 32.1. The van der Waals surface area contributed by atoms with Gasteiger partial charge < -0.3 is 4.74 Å². The van der Waals surface area contributed by atoms with E-state index >= 15 is 0 Å². The van der Waals surface area contributed by atoms with Crippen LogP contribution in [0.1, 0.15) is 34.5 Å². The van der Waals surface area contributed by atoms with Gasteiger partial charge in [0.15, 0.2) is 0 Å². The SMILES string of the molecule is CCC1C(=O)OC(=O)c2sccc21. The molecule has 2 rings (SSSR count). The van der Waals surface area contributed by atoms with Crippen LogP contribution in [0.4, 0.5) is 0 Å². The van der Waals surface area contributed by atoms with Gasteiger partial charge >= 0.3 is 11.9 Å². The first-order valence-electron chi connectivity index (χ1n) is 4.07. The van der Waals surface area contributed by atoms with Crippen LogP contribution >= 0.6 is 11.3 Å². The van der Waals surface area contributed by atoms with Gasteiger partial charge in [-0.15, -0.1) is 11.3 Å². The van der Waals surface area contributed by atoms with Crippen LogP contribution in [0.2, 0.25) is 0 Å². The molecular formula is C9H8O3S. The second-order valence-electron chi connectivity index (χ2n) is 2.87. The van der Waals surface area contributed by atoms with E-state index in [4.69, 9.17) is 0 Å². The van der Waals surface area contributed by atoms with Gasteiger partial charge in [0.25, 0.3) is 0 Å². The van der Waals surface area contributed by atoms with Gasteiger partial charge in [-0.2, -0.15) is 0 Å². The van der Waals surface area contributed by atoms with Gasteiger partial charge in [0, 0.05) is 0 Å². The fraction of sp³-hybridized carbons (Fsp3) is 0.333. The number of carbonyl (C=O) groups excluding carboxylic acids is 2. The van der Waals surface area contributed by atoms with E-state index in [1.54, 1.807) is 0 Å². The lowest BCUT2D eigenvalue weighted by atomic mass is 9.95. The molecule has 68 valence electrons. The quantitative estimate of drug-likeness (QED) is 0.509. The molecule has 0 fully saturated rings. The molecule has 2 heterocycles. The van der Waals surface area contributed by atoms with E-state index in [2.05, 4.69) is 4.74 Å². The molecular weight excluding hydrogens is 188 g/mol. The summed E-state index contributed by atoms with van der Waals surface area (Å²) in [6.07, 6.45) is 0.676. The minimum atomic E-state index is -0.500. The lowest BCUT2D eigenvalue weighted by molar-refractivity contribution is -0.140. The molecule has 0 N–H and O–H groups in total. The fourth-order valence-corrected chi connectivity index (χ4v) is 2.32. The third-order valence-corrected chi connectivity index (χ3v) is 3.05. The Kier molecular flexibility index (Phi) is 1.92. The van der Waals surface area contributed by atoms with E-state index in [1.165, 1.54) is 11.3 Å². The van der Waals surface area contributed by atoms with Crippen molar-refractivity contribution in [3.8, 4) is 0 Å². The van der Waals surface area contributed by atoms with Crippen molar-refractivity contribution in [3.63, 3.8) is 0 Å². The first-order chi connectivity index (χ1) is 6.24. The van der Waals surface area contributed by atoms with Gasteiger partial charge in [0.2, 0.25) is 0 Å². The van der Waals surface area contributed by atoms with E-state index < -0.39 is 11.9 Å². The first kappa shape index (κ1) is 8.44. The molecule has 0 radical (unpaired) electrons. The van der Waals surface area contributed by atoms with Gasteiger partial charge in [0.1, 0.15) is 4.88 Å². The van der Waals surface area contributed by atoms with Crippen LogP contribution < -0.4 is 0 Å². The van der Waals surface area contributed by atoms with E-state index in [0.29, 0.717) is 11.3 Å². The summed E-state index contributed by atoms with van der Waals surface area (Å²) in [5, 5.41) is 1.81. The molecule has 0 saturated heterocycles. The Morgan fingerprint density at radius 2 is 2.31 bits per heavy atom. The zero-order chi connectivity index (χ0) is 9.42. The van der Waals surface area contributed by atoms with Crippen molar-refractivity contribution in [2.45, 2.75) is 19.3 Å². The Bertz CT molecular complexity index is 367. The van der Waals surface area contributed by atoms with E-state index in [1.807, 2.05) is 18.4 Å². The molecule has 0 aromatic carbocycles. The van der Waals surface area contributed by atoms with Crippen molar-refractivity contribution >= 4 is 23.3 Å². The van der Waals surface area contributed by atoms with E-state index in [0.717, 1.165) is 5.56 Å². The van der Waals surface area contributed by atoms with Crippen molar-refractivity contribution in [1.82, 2.24) is 0 Å². The van der Waals surface area contributed by atoms with Crippen molar-refractivity contribution in [2.75, 3.05) is 0 Å². The number of cyclic esters (lactones) is 2. The number of carbonyl (C=O) groups is 2. The molecule has 1 aliphatic rings. The lowest BCUT2D eigenvalue weighted by Crippen LogP contribution is -2.25. The molecule has 4 heteroatoms. The summed E-state index contributed by atoms with van der Waals surface area (Å²) in [7, 11) is 0. The number of thiophene rings is 1. The number of hydrogen-bond donors (Lipinski definition) is 0. The summed E-state index contributed by atoms with van der Waals surface area (Å²) in [5.41, 5.74) is 0.828. The van der Waals surface area contributed by atoms with Crippen molar-refractivity contribution in [1.29, 1.82) is 0 Å². The van der Waals surface area contributed by atoms with Gasteiger partial charge in [-0.3, -0.25) is 4.79 Å². The molecule has 0 aliphatic carbocycles. The average Bonchev–Trinajstić information content (AvgIpc) is 2.53. The highest BCUT2D eigenvalue weighted by Gasteiger charge is 2.34. The van der Waals surface area contributed by atoms with Gasteiger partial charge in [-0.05, 0) is 23.4 Å². The van der Waals surface area contributed by atoms with Crippen LogP contribution in [-0.2, 0) is 9.53 Å². The molecule has 1 unspecified atom stereocenters. The van der Waals surface area contributed by atoms with Crippen LogP contribution in [0.5, 0.6) is 0 Å². The summed E-state index contributed by atoms with van der Waals surface area (Å²) in [6, 6.07) is 1.83. The molecule has 0 saturated carbocycles. The molecule has 0 spiro atoms. The molecule has 1 aliphatic heterocycles. The van der Waals surface area contributed by atoms with Gasteiger partial charge in [-0.1, -0.05) is 6.92 Å². The highest BCUT2D eigenvalue weighted by molar-refractivity contribution is 7.12. The molecule has 1 atom stereocenters. The Balaban J connectivity index is 2.51. The summed E-state index contributed by atoms with van der Waals surface area (Å²) in [6.45, 7) is 1.91. The number of hydrogen-bond acceptors (Lipinski definition) is 4. The molecule has 3 nitrogen and oxygen atoms in total. The van der Waals surface area contributed by atoms with Crippen molar-refractivity contribution in [3.05, 3.63) is 21.9 Å². The summed E-state index contributed by atoms with van der Waals surface area (Å²) in [5.74, 6) is -1.17. The molecule has 13 heavy (non-hydrogen) atoms. The summed E-state index contributed by atoms with van der Waals surface area (Å²) in [4.78, 5) is 23.0. The van der Waals surface area contributed by atoms with Gasteiger partial charge in [-0.25, -0.2) is 4.79 Å². The summed E-state index contributed by atoms with van der Waals surface area (Å²) < 4.78 is 4.61. The maximum atomic E-state index is 11.3. The van der Waals surface area contributed by atoms with Crippen LogP contribution in [0, 0.1) is 0 Å². The lowest BCUT2D eigenvalue weighted by Gasteiger charge is -2.18. The minimum Gasteiger partial charge on any atom is -0.388 e. The summed E-state index contributed by atoms with van der Waals surface area (Å²) >= 11 is 1.33. The predicted molar refractivity (Wildman–Crippen MR) is 47.8 cm³/mol. The largest absolute Gasteiger partial charge is 0.388 e. The second-order valence-corrected chi connectivity index (χ2v) is 3.79. The van der Waals surface area contributed by atoms with Crippen molar-refractivity contribution in [2.24, 2.45) is 0 Å². The fourth-order valence-electron chi connectivity index (χ4n) is 1.48. The average molecular weight is 196 g/mol. The minimum absolute atomic E-state index is 0.251. The Labute approximate surface area is 79.3 Å². The van der Waals surface area contributed by atoms with Crippen LogP contribution in [0.15, 0.2) is 11.4 Å². The maximum Gasteiger partial charge on any atom is 0.356 e. The Hall–Kier alpha value is -1.16. The number of rotatable bonds is 1. The molecule has 1 aromatic heterocycles. The molecule has 0 bridgehead atoms. The third kappa shape index (κ3) is 1.18. The smallest absolute Gasteiger partial charge is 0.356 e. The zero-order valence-electron chi connectivity index (χ0n) is 7.07. The predicted octanol–water partition coefficient (Wildman–Crippen LogP) is 1.94. The Morgan fingerprint density at radius 1 is 1.54 bits per heavy atom. The molecule has 0 amide bonds. The van der Waals surface area contributed by atoms with Crippen LogP contribution in [0.25, 0.3) is 0 Å². The molecule has 1 aromatic rings. The third-order valence-electron chi connectivity index (χ3n) is 2.14. The van der Waals surface area contributed by atoms with Gasteiger partial charge in [0.05, 0.1) is 5.92 Å². The second kappa shape index (κ2) is 2.96. The van der Waals surface area contributed by atoms with Crippen LogP contribution in [0.3, 0.4) is 0 Å². The maximum absolute atomic E-state index is 11.3. The standard InChI is InChI=1S/C9H8O3S/c1-2-5-6-3-4-13-7(6)9(11)12-8(5)10/h3-5H,2H2,1H3. The normalized spacial score (nSPS) is 21.2.